The van der Waals surface area contributed by atoms with E-state index in [1.165, 1.54) is 0 Å². The van der Waals surface area contributed by atoms with E-state index in [1.807, 2.05) is 6.92 Å². The molecule has 10 nitrogen and oxygen atoms in total. The van der Waals surface area contributed by atoms with Crippen molar-refractivity contribution in [3.8, 4) is 0 Å². The van der Waals surface area contributed by atoms with Gasteiger partial charge in [-0.2, -0.15) is 0 Å². The Kier molecular flexibility index (Phi) is 13.9. The maximum absolute atomic E-state index is 12.0. The van der Waals surface area contributed by atoms with Crippen LogP contribution in [0.5, 0.6) is 0 Å². The summed E-state index contributed by atoms with van der Waals surface area (Å²) in [5.74, 6) is -0.888. The Hall–Kier alpha value is -1.30. The molecule has 0 aromatic heterocycles. The van der Waals surface area contributed by atoms with E-state index in [4.69, 9.17) is 18.9 Å². The number of rotatable bonds is 15. The Morgan fingerprint density at radius 2 is 1.58 bits per heavy atom. The number of aliphatic hydroxyl groups is 4. The van der Waals surface area contributed by atoms with Crippen LogP contribution in [0, 0.1) is 0 Å². The minimum Gasteiger partial charge on any atom is -0.462 e. The Balaban J connectivity index is 2.55. The molecule has 0 bridgehead atoms. The fourth-order valence-electron chi connectivity index (χ4n) is 3.10. The third-order valence-electron chi connectivity index (χ3n) is 4.96. The molecule has 31 heavy (non-hydrogen) atoms. The highest BCUT2D eigenvalue weighted by Crippen LogP contribution is 2.22. The molecule has 1 aliphatic rings. The second-order valence-corrected chi connectivity index (χ2v) is 7.74. The smallest absolute Gasteiger partial charge is 0.306 e. The fourth-order valence-corrected chi connectivity index (χ4v) is 3.10. The van der Waals surface area contributed by atoms with Crippen molar-refractivity contribution in [2.75, 3.05) is 19.8 Å². The lowest BCUT2D eigenvalue weighted by Gasteiger charge is -2.39. The van der Waals surface area contributed by atoms with Crippen LogP contribution >= 0.6 is 0 Å². The van der Waals surface area contributed by atoms with Gasteiger partial charge in [0.25, 0.3) is 0 Å². The summed E-state index contributed by atoms with van der Waals surface area (Å²) in [5, 5.41) is 38.9. The van der Waals surface area contributed by atoms with Gasteiger partial charge in [-0.3, -0.25) is 9.59 Å². The number of ether oxygens (including phenoxy) is 4. The predicted octanol–water partition coefficient (Wildman–Crippen LogP) is 0.418. The molecule has 0 aromatic rings. The molecule has 0 aliphatic carbocycles. The van der Waals surface area contributed by atoms with E-state index >= 15 is 0 Å². The van der Waals surface area contributed by atoms with E-state index in [9.17, 15) is 30.0 Å². The van der Waals surface area contributed by atoms with E-state index in [1.54, 1.807) is 0 Å². The molecule has 1 aliphatic heterocycles. The molecule has 10 heteroatoms. The Labute approximate surface area is 183 Å². The zero-order valence-electron chi connectivity index (χ0n) is 18.5. The molecule has 0 aromatic carbocycles. The molecule has 0 saturated carbocycles. The van der Waals surface area contributed by atoms with Crippen molar-refractivity contribution in [1.29, 1.82) is 0 Å². The Morgan fingerprint density at radius 1 is 0.871 bits per heavy atom. The maximum atomic E-state index is 12.0. The van der Waals surface area contributed by atoms with Crippen molar-refractivity contribution in [3.05, 3.63) is 0 Å². The summed E-state index contributed by atoms with van der Waals surface area (Å²) in [4.78, 5) is 23.8. The van der Waals surface area contributed by atoms with E-state index in [0.29, 0.717) is 6.42 Å². The molecule has 1 saturated heterocycles. The highest BCUT2D eigenvalue weighted by Gasteiger charge is 2.44. The summed E-state index contributed by atoms with van der Waals surface area (Å²) in [7, 11) is 0. The van der Waals surface area contributed by atoms with Crippen LogP contribution in [0.2, 0.25) is 0 Å². The summed E-state index contributed by atoms with van der Waals surface area (Å²) >= 11 is 0. The van der Waals surface area contributed by atoms with Gasteiger partial charge >= 0.3 is 11.9 Å². The van der Waals surface area contributed by atoms with Gasteiger partial charge in [0, 0.05) is 12.8 Å². The molecule has 0 amide bonds. The van der Waals surface area contributed by atoms with Crippen LogP contribution in [0.25, 0.3) is 0 Å². The third kappa shape index (κ3) is 10.2. The first-order valence-corrected chi connectivity index (χ1v) is 11.1. The van der Waals surface area contributed by atoms with Gasteiger partial charge in [0.2, 0.25) is 0 Å². The Bertz CT molecular complexity index is 512. The van der Waals surface area contributed by atoms with Crippen LogP contribution < -0.4 is 0 Å². The minimum absolute atomic E-state index is 0.182. The van der Waals surface area contributed by atoms with Crippen LogP contribution in [-0.4, -0.2) is 89.0 Å². The highest BCUT2D eigenvalue weighted by atomic mass is 16.7. The molecule has 1 heterocycles. The monoisotopic (exact) mass is 450 g/mol. The first kappa shape index (κ1) is 27.7. The molecule has 6 atom stereocenters. The quantitative estimate of drug-likeness (QED) is 0.204. The first-order chi connectivity index (χ1) is 14.8. The molecule has 0 unspecified atom stereocenters. The van der Waals surface area contributed by atoms with E-state index < -0.39 is 55.4 Å². The maximum Gasteiger partial charge on any atom is 0.306 e. The van der Waals surface area contributed by atoms with Gasteiger partial charge in [0.1, 0.15) is 31.0 Å². The van der Waals surface area contributed by atoms with Crippen molar-refractivity contribution < 1.29 is 49.0 Å². The van der Waals surface area contributed by atoms with Crippen LogP contribution in [0.1, 0.15) is 65.2 Å². The number of carbonyl (C=O) groups excluding carboxylic acids is 2. The minimum atomic E-state index is -1.58. The summed E-state index contributed by atoms with van der Waals surface area (Å²) in [6.45, 7) is 2.85. The fraction of sp³-hybridized carbons (Fsp3) is 0.905. The van der Waals surface area contributed by atoms with Gasteiger partial charge in [-0.05, 0) is 12.8 Å². The number of aliphatic hydroxyl groups excluding tert-OH is 4. The molecule has 1 rings (SSSR count). The third-order valence-corrected chi connectivity index (χ3v) is 4.96. The molecule has 1 fully saturated rings. The lowest BCUT2D eigenvalue weighted by atomic mass is 9.99. The number of hydrogen-bond acceptors (Lipinski definition) is 10. The number of hydrogen-bond donors (Lipinski definition) is 4. The lowest BCUT2D eigenvalue weighted by Crippen LogP contribution is -2.59. The number of carbonyl (C=O) groups is 2. The summed E-state index contributed by atoms with van der Waals surface area (Å²) in [6, 6.07) is 0. The van der Waals surface area contributed by atoms with Crippen molar-refractivity contribution >= 4 is 11.9 Å². The van der Waals surface area contributed by atoms with Crippen molar-refractivity contribution in [2.24, 2.45) is 0 Å². The summed E-state index contributed by atoms with van der Waals surface area (Å²) in [6.07, 6.45) is -2.07. The molecule has 0 radical (unpaired) electrons. The zero-order valence-corrected chi connectivity index (χ0v) is 18.5. The van der Waals surface area contributed by atoms with Crippen LogP contribution in [0.15, 0.2) is 0 Å². The average molecular weight is 451 g/mol. The summed E-state index contributed by atoms with van der Waals surface area (Å²) < 4.78 is 21.2. The van der Waals surface area contributed by atoms with E-state index in [2.05, 4.69) is 6.92 Å². The lowest BCUT2D eigenvalue weighted by molar-refractivity contribution is -0.305. The van der Waals surface area contributed by atoms with E-state index in [0.717, 1.165) is 32.1 Å². The molecule has 4 N–H and O–H groups in total. The molecule has 182 valence electrons. The normalized spacial score (nSPS) is 27.0. The Morgan fingerprint density at radius 3 is 2.23 bits per heavy atom. The van der Waals surface area contributed by atoms with Gasteiger partial charge in [-0.1, -0.05) is 39.5 Å². The zero-order chi connectivity index (χ0) is 23.2. The van der Waals surface area contributed by atoms with Crippen LogP contribution in [-0.2, 0) is 28.5 Å². The average Bonchev–Trinajstić information content (AvgIpc) is 2.75. The number of unbranched alkanes of at least 4 members (excludes halogenated alkanes) is 4. The molecule has 0 spiro atoms. The van der Waals surface area contributed by atoms with Crippen LogP contribution in [0.3, 0.4) is 0 Å². The first-order valence-electron chi connectivity index (χ1n) is 11.1. The van der Waals surface area contributed by atoms with Crippen molar-refractivity contribution in [3.63, 3.8) is 0 Å². The number of esters is 2. The van der Waals surface area contributed by atoms with E-state index in [-0.39, 0.29) is 26.1 Å². The molecular formula is C21H38O10. The van der Waals surface area contributed by atoms with Gasteiger partial charge in [0.15, 0.2) is 12.4 Å². The van der Waals surface area contributed by atoms with Crippen molar-refractivity contribution in [1.82, 2.24) is 0 Å². The standard InChI is InChI=1S/C21H38O10/c1-3-5-6-7-8-10-16(23)28-12-14(30-17(24)9-4-2)13-29-21-20(27)19(26)18(25)15(11-22)31-21/h14-15,18-22,25-27H,3-13H2,1-2H3/t14-,15-,18+,19+,20-,21-/m1/s1. The topological polar surface area (TPSA) is 152 Å². The second-order valence-electron chi connectivity index (χ2n) is 7.74. The van der Waals surface area contributed by atoms with Gasteiger partial charge in [-0.25, -0.2) is 0 Å². The van der Waals surface area contributed by atoms with Gasteiger partial charge < -0.3 is 39.4 Å². The highest BCUT2D eigenvalue weighted by molar-refractivity contribution is 5.70. The predicted molar refractivity (Wildman–Crippen MR) is 109 cm³/mol. The largest absolute Gasteiger partial charge is 0.462 e. The van der Waals surface area contributed by atoms with Crippen LogP contribution in [0.4, 0.5) is 0 Å². The second kappa shape index (κ2) is 15.5. The van der Waals surface area contributed by atoms with Crippen molar-refractivity contribution in [2.45, 2.75) is 102 Å². The van der Waals surface area contributed by atoms with Gasteiger partial charge in [0.05, 0.1) is 13.2 Å². The summed E-state index contributed by atoms with van der Waals surface area (Å²) in [5.41, 5.74) is 0. The van der Waals surface area contributed by atoms with Gasteiger partial charge in [-0.15, -0.1) is 0 Å². The molecular weight excluding hydrogens is 412 g/mol. The SMILES string of the molecule is CCCCCCCC(=O)OC[C@H](CO[C@@H]1O[C@H](CO)[C@H](O)[C@H](O)[C@H]1O)OC(=O)CCC.